The van der Waals surface area contributed by atoms with Crippen molar-refractivity contribution in [2.24, 2.45) is 0 Å². The van der Waals surface area contributed by atoms with Crippen LogP contribution in [0.4, 0.5) is 8.78 Å². The van der Waals surface area contributed by atoms with E-state index in [1.807, 2.05) is 12.1 Å². The van der Waals surface area contributed by atoms with Gasteiger partial charge in [0.15, 0.2) is 11.6 Å². The van der Waals surface area contributed by atoms with Crippen molar-refractivity contribution in [3.63, 3.8) is 0 Å². The van der Waals surface area contributed by atoms with Crippen LogP contribution < -0.4 is 0 Å². The van der Waals surface area contributed by atoms with Gasteiger partial charge in [-0.2, -0.15) is 0 Å². The summed E-state index contributed by atoms with van der Waals surface area (Å²) in [6, 6.07) is 16.4. The van der Waals surface area contributed by atoms with Crippen molar-refractivity contribution in [1.29, 1.82) is 0 Å². The van der Waals surface area contributed by atoms with Crippen molar-refractivity contribution in [1.82, 2.24) is 9.47 Å². The van der Waals surface area contributed by atoms with Crippen molar-refractivity contribution in [3.8, 4) is 0 Å². The van der Waals surface area contributed by atoms with Crippen molar-refractivity contribution < 1.29 is 23.1 Å². The Morgan fingerprint density at radius 1 is 0.917 bits per heavy atom. The molecule has 2 aliphatic rings. The lowest BCUT2D eigenvalue weighted by Gasteiger charge is -2.39. The minimum atomic E-state index is -1.24. The molecule has 1 spiro atoms. The van der Waals surface area contributed by atoms with Gasteiger partial charge in [-0.25, -0.2) is 8.78 Å². The molecule has 1 amide bonds. The van der Waals surface area contributed by atoms with E-state index in [4.69, 9.17) is 16.3 Å². The highest BCUT2D eigenvalue weighted by atomic mass is 35.5. The molecule has 2 aliphatic heterocycles. The van der Waals surface area contributed by atoms with Gasteiger partial charge in [0.2, 0.25) is 0 Å². The Balaban J connectivity index is 1.33. The van der Waals surface area contributed by atoms with Crippen LogP contribution >= 0.6 is 11.6 Å². The molecule has 5 nitrogen and oxygen atoms in total. The molecule has 0 bridgehead atoms. The molecular formula is C28H21ClF2N2O3. The first-order valence-corrected chi connectivity index (χ1v) is 12.1. The van der Waals surface area contributed by atoms with E-state index < -0.39 is 23.1 Å². The number of ether oxygens (including phenoxy) is 1. The van der Waals surface area contributed by atoms with Crippen LogP contribution in [0, 0.1) is 11.6 Å². The lowest BCUT2D eigenvalue weighted by molar-refractivity contribution is -0.0741. The molecule has 3 heterocycles. The van der Waals surface area contributed by atoms with Crippen molar-refractivity contribution >= 4 is 34.3 Å². The standard InChI is InChI=1S/C28H21ClF2N2O3/c29-18-8-9-19-21(15-33(24(19)14-18)27(35)20-5-3-7-23(30)25(20)31)26(34)32-12-10-28(11-13-32)22-6-2-1-4-17(22)16-36-28/h1-9,14-15H,10-13,16H2. The molecule has 3 aromatic carbocycles. The largest absolute Gasteiger partial charge is 0.365 e. The van der Waals surface area contributed by atoms with Crippen molar-refractivity contribution in [3.05, 3.63) is 106 Å². The molecule has 36 heavy (non-hydrogen) atoms. The highest BCUT2D eigenvalue weighted by molar-refractivity contribution is 6.31. The second kappa shape index (κ2) is 8.54. The lowest BCUT2D eigenvalue weighted by Crippen LogP contribution is -2.45. The first-order valence-electron chi connectivity index (χ1n) is 11.7. The molecular weight excluding hydrogens is 486 g/mol. The van der Waals surface area contributed by atoms with Crippen LogP contribution in [0.2, 0.25) is 5.02 Å². The van der Waals surface area contributed by atoms with E-state index in [1.54, 1.807) is 17.0 Å². The summed E-state index contributed by atoms with van der Waals surface area (Å²) in [7, 11) is 0. The van der Waals surface area contributed by atoms with Gasteiger partial charge in [0, 0.05) is 29.7 Å². The SMILES string of the molecule is O=C(c1cn(C(=O)c2cccc(F)c2F)c2cc(Cl)ccc12)N1CCC2(CC1)OCc1ccccc12. The number of amides is 1. The summed E-state index contributed by atoms with van der Waals surface area (Å²) in [5.41, 5.74) is 2.20. The quantitative estimate of drug-likeness (QED) is 0.339. The van der Waals surface area contributed by atoms with Gasteiger partial charge in [-0.15, -0.1) is 0 Å². The van der Waals surface area contributed by atoms with Crippen molar-refractivity contribution in [2.75, 3.05) is 13.1 Å². The third kappa shape index (κ3) is 3.53. The second-order valence-corrected chi connectivity index (χ2v) is 9.65. The fourth-order valence-electron chi connectivity index (χ4n) is 5.38. The van der Waals surface area contributed by atoms with Crippen LogP contribution in [0.3, 0.4) is 0 Å². The second-order valence-electron chi connectivity index (χ2n) is 9.21. The third-order valence-corrected chi connectivity index (χ3v) is 7.50. The van der Waals surface area contributed by atoms with Crippen LogP contribution in [0.25, 0.3) is 10.9 Å². The number of fused-ring (bicyclic) bond motifs is 3. The molecule has 1 saturated heterocycles. The predicted molar refractivity (Wildman–Crippen MR) is 131 cm³/mol. The Morgan fingerprint density at radius 2 is 1.69 bits per heavy atom. The van der Waals surface area contributed by atoms with Crippen LogP contribution in [0.15, 0.2) is 66.9 Å². The minimum Gasteiger partial charge on any atom is -0.365 e. The minimum absolute atomic E-state index is 0.241. The average Bonchev–Trinajstić information content (AvgIpc) is 3.44. The number of carbonyl (C=O) groups is 2. The Morgan fingerprint density at radius 3 is 2.50 bits per heavy atom. The van der Waals surface area contributed by atoms with Gasteiger partial charge < -0.3 is 9.64 Å². The average molecular weight is 507 g/mol. The fourth-order valence-corrected chi connectivity index (χ4v) is 5.54. The number of hydrogen-bond acceptors (Lipinski definition) is 3. The van der Waals surface area contributed by atoms with Gasteiger partial charge >= 0.3 is 0 Å². The number of hydrogen-bond donors (Lipinski definition) is 0. The van der Waals surface area contributed by atoms with Gasteiger partial charge in [0.05, 0.1) is 28.9 Å². The highest BCUT2D eigenvalue weighted by Crippen LogP contribution is 2.44. The highest BCUT2D eigenvalue weighted by Gasteiger charge is 2.43. The van der Waals surface area contributed by atoms with Gasteiger partial charge in [-0.1, -0.05) is 48.0 Å². The fraction of sp³-hybridized carbons (Fsp3) is 0.214. The Labute approximate surface area is 210 Å². The zero-order chi connectivity index (χ0) is 25.0. The molecule has 6 rings (SSSR count). The topological polar surface area (TPSA) is 51.5 Å². The molecule has 0 radical (unpaired) electrons. The summed E-state index contributed by atoms with van der Waals surface area (Å²) in [6.45, 7) is 1.54. The molecule has 1 aromatic heterocycles. The molecule has 1 fully saturated rings. The summed E-state index contributed by atoms with van der Waals surface area (Å²) >= 11 is 6.18. The molecule has 182 valence electrons. The molecule has 0 saturated carbocycles. The third-order valence-electron chi connectivity index (χ3n) is 7.27. The van der Waals surface area contributed by atoms with Gasteiger partial charge in [0.25, 0.3) is 11.8 Å². The number of carbonyl (C=O) groups excluding carboxylic acids is 2. The lowest BCUT2D eigenvalue weighted by atomic mass is 9.83. The van der Waals surface area contributed by atoms with E-state index in [9.17, 15) is 18.4 Å². The number of benzene rings is 3. The number of nitrogens with zero attached hydrogens (tertiary/aromatic N) is 2. The summed E-state index contributed by atoms with van der Waals surface area (Å²) < 4.78 is 35.6. The number of halogens is 3. The van der Waals surface area contributed by atoms with Crippen LogP contribution in [-0.2, 0) is 16.9 Å². The maximum atomic E-state index is 14.4. The van der Waals surface area contributed by atoms with E-state index in [2.05, 4.69) is 12.1 Å². The number of piperidine rings is 1. The van der Waals surface area contributed by atoms with Crippen LogP contribution in [0.1, 0.15) is 44.7 Å². The van der Waals surface area contributed by atoms with Crippen molar-refractivity contribution in [2.45, 2.75) is 25.0 Å². The monoisotopic (exact) mass is 506 g/mol. The molecule has 0 unspecified atom stereocenters. The zero-order valence-electron chi connectivity index (χ0n) is 19.1. The van der Waals surface area contributed by atoms with Gasteiger partial charge in [-0.05, 0) is 48.2 Å². The normalized spacial score (nSPS) is 16.5. The molecule has 0 aliphatic carbocycles. The van der Waals surface area contributed by atoms with E-state index in [0.717, 1.165) is 10.6 Å². The molecule has 4 aromatic rings. The molecule has 0 N–H and O–H groups in total. The van der Waals surface area contributed by atoms with Gasteiger partial charge in [-0.3, -0.25) is 14.2 Å². The zero-order valence-corrected chi connectivity index (χ0v) is 19.9. The van der Waals surface area contributed by atoms with E-state index in [0.29, 0.717) is 54.0 Å². The van der Waals surface area contributed by atoms with E-state index >= 15 is 0 Å². The first kappa shape index (κ1) is 22.9. The predicted octanol–water partition coefficient (Wildman–Crippen LogP) is 5.92. The number of likely N-dealkylation sites (tertiary alicyclic amines) is 1. The van der Waals surface area contributed by atoms with Gasteiger partial charge in [0.1, 0.15) is 0 Å². The summed E-state index contributed by atoms with van der Waals surface area (Å²) in [5, 5.41) is 0.864. The first-order chi connectivity index (χ1) is 17.4. The van der Waals surface area contributed by atoms with E-state index in [1.165, 1.54) is 35.5 Å². The number of rotatable bonds is 2. The molecule has 8 heteroatoms. The molecule has 0 atom stereocenters. The summed E-state index contributed by atoms with van der Waals surface area (Å²) in [4.78, 5) is 28.6. The Hall–Kier alpha value is -3.55. The smallest absolute Gasteiger partial charge is 0.265 e. The van der Waals surface area contributed by atoms with Crippen LogP contribution in [0.5, 0.6) is 0 Å². The summed E-state index contributed by atoms with van der Waals surface area (Å²) in [5.74, 6) is -3.39. The Bertz CT molecular complexity index is 1540. The van der Waals surface area contributed by atoms with Crippen LogP contribution in [-0.4, -0.2) is 34.4 Å². The number of aromatic nitrogens is 1. The maximum Gasteiger partial charge on any atom is 0.265 e. The maximum absolute atomic E-state index is 14.4. The summed E-state index contributed by atoms with van der Waals surface area (Å²) in [6.07, 6.45) is 2.71. The van der Waals surface area contributed by atoms with E-state index in [-0.39, 0.29) is 11.5 Å². The Kier molecular flexibility index (Phi) is 5.43.